The third-order valence-electron chi connectivity index (χ3n) is 3.18. The molecule has 110 valence electrons. The predicted molar refractivity (Wildman–Crippen MR) is 88.4 cm³/mol. The van der Waals surface area contributed by atoms with Gasteiger partial charge in [0.2, 0.25) is 0 Å². The first-order chi connectivity index (χ1) is 9.97. The van der Waals surface area contributed by atoms with Crippen LogP contribution in [0, 0.1) is 24.0 Å². The molecule has 2 N–H and O–H groups in total. The first kappa shape index (κ1) is 15.4. The highest BCUT2D eigenvalue weighted by Gasteiger charge is 2.13. The van der Waals surface area contributed by atoms with Crippen molar-refractivity contribution < 1.29 is 4.92 Å². The Morgan fingerprint density at radius 1 is 1.14 bits per heavy atom. The summed E-state index contributed by atoms with van der Waals surface area (Å²) in [5, 5.41) is 10.9. The van der Waals surface area contributed by atoms with E-state index in [9.17, 15) is 10.1 Å². The number of benzene rings is 2. The Morgan fingerprint density at radius 3 is 2.43 bits per heavy atom. The zero-order valence-corrected chi connectivity index (χ0v) is 12.9. The Balaban J connectivity index is 2.04. The molecule has 0 bridgehead atoms. The molecule has 2 aromatic carbocycles. The van der Waals surface area contributed by atoms with Crippen molar-refractivity contribution in [2.45, 2.75) is 25.4 Å². The number of anilines is 1. The molecule has 0 saturated heterocycles. The summed E-state index contributed by atoms with van der Waals surface area (Å²) in [5.74, 6) is 1.53. The molecule has 0 unspecified atom stereocenters. The van der Waals surface area contributed by atoms with Gasteiger partial charge in [-0.15, -0.1) is 0 Å². The van der Waals surface area contributed by atoms with Crippen LogP contribution in [0.25, 0.3) is 0 Å². The number of para-hydroxylation sites is 1. The Bertz CT molecular complexity index is 651. The Labute approximate surface area is 128 Å². The van der Waals surface area contributed by atoms with Crippen LogP contribution in [-0.2, 0) is 11.5 Å². The van der Waals surface area contributed by atoms with E-state index in [2.05, 4.69) is 32.0 Å². The molecule has 0 amide bonds. The molecule has 5 heteroatoms. The van der Waals surface area contributed by atoms with E-state index in [1.54, 1.807) is 17.8 Å². The van der Waals surface area contributed by atoms with Gasteiger partial charge in [0, 0.05) is 17.6 Å². The van der Waals surface area contributed by atoms with Gasteiger partial charge in [0.25, 0.3) is 5.69 Å². The van der Waals surface area contributed by atoms with Gasteiger partial charge in [-0.1, -0.05) is 41.5 Å². The van der Waals surface area contributed by atoms with Crippen molar-refractivity contribution in [2.75, 3.05) is 5.73 Å². The highest BCUT2D eigenvalue weighted by atomic mass is 32.2. The number of hydrogen-bond acceptors (Lipinski definition) is 4. The van der Waals surface area contributed by atoms with Gasteiger partial charge in [0.1, 0.15) is 5.69 Å². The maximum Gasteiger partial charge on any atom is 0.292 e. The smallest absolute Gasteiger partial charge is 0.292 e. The van der Waals surface area contributed by atoms with Crippen LogP contribution in [0.5, 0.6) is 0 Å². The summed E-state index contributed by atoms with van der Waals surface area (Å²) in [5.41, 5.74) is 10.7. The lowest BCUT2D eigenvalue weighted by Gasteiger charge is -2.07. The van der Waals surface area contributed by atoms with Gasteiger partial charge in [-0.2, -0.15) is 11.8 Å². The minimum Gasteiger partial charge on any atom is -0.393 e. The first-order valence-corrected chi connectivity index (χ1v) is 7.79. The molecule has 0 fully saturated rings. The van der Waals surface area contributed by atoms with Crippen molar-refractivity contribution in [1.82, 2.24) is 0 Å². The Hall–Kier alpha value is -2.01. The van der Waals surface area contributed by atoms with E-state index in [0.717, 1.165) is 11.3 Å². The topological polar surface area (TPSA) is 69.2 Å². The van der Waals surface area contributed by atoms with Crippen LogP contribution in [0.4, 0.5) is 11.4 Å². The zero-order valence-electron chi connectivity index (χ0n) is 12.1. The number of nitro benzene ring substituents is 1. The molecule has 0 atom stereocenters. The fourth-order valence-corrected chi connectivity index (χ4v) is 3.29. The van der Waals surface area contributed by atoms with Crippen molar-refractivity contribution in [2.24, 2.45) is 0 Å². The van der Waals surface area contributed by atoms with Gasteiger partial charge in [-0.25, -0.2) is 0 Å². The normalized spacial score (nSPS) is 10.6. The predicted octanol–water partition coefficient (Wildman–Crippen LogP) is 4.23. The summed E-state index contributed by atoms with van der Waals surface area (Å²) < 4.78 is 0. The Kier molecular flexibility index (Phi) is 4.85. The zero-order chi connectivity index (χ0) is 15.4. The summed E-state index contributed by atoms with van der Waals surface area (Å²) in [6.45, 7) is 4.17. The monoisotopic (exact) mass is 302 g/mol. The number of hydrogen-bond donors (Lipinski definition) is 1. The summed E-state index contributed by atoms with van der Waals surface area (Å²) in [6, 6.07) is 11.4. The van der Waals surface area contributed by atoms with Gasteiger partial charge < -0.3 is 5.73 Å². The number of nitro groups is 1. The number of nitrogen functional groups attached to an aromatic ring is 1. The summed E-state index contributed by atoms with van der Waals surface area (Å²) in [4.78, 5) is 10.4. The number of thioether (sulfide) groups is 1. The second-order valence-corrected chi connectivity index (χ2v) is 6.08. The molecule has 0 aliphatic heterocycles. The molecule has 0 aliphatic carbocycles. The minimum atomic E-state index is -0.437. The van der Waals surface area contributed by atoms with Crippen LogP contribution in [-0.4, -0.2) is 4.92 Å². The number of nitrogens with zero attached hydrogens (tertiary/aromatic N) is 1. The Morgan fingerprint density at radius 2 is 1.81 bits per heavy atom. The maximum absolute atomic E-state index is 10.9. The highest BCUT2D eigenvalue weighted by molar-refractivity contribution is 7.97. The van der Waals surface area contributed by atoms with Crippen molar-refractivity contribution in [1.29, 1.82) is 0 Å². The summed E-state index contributed by atoms with van der Waals surface area (Å²) in [7, 11) is 0. The molecule has 21 heavy (non-hydrogen) atoms. The van der Waals surface area contributed by atoms with Crippen LogP contribution in [0.3, 0.4) is 0 Å². The average molecular weight is 302 g/mol. The van der Waals surface area contributed by atoms with Crippen LogP contribution in [0.2, 0.25) is 0 Å². The number of nitrogens with two attached hydrogens (primary N) is 1. The van der Waals surface area contributed by atoms with E-state index in [1.165, 1.54) is 22.8 Å². The van der Waals surface area contributed by atoms with Crippen LogP contribution < -0.4 is 5.73 Å². The largest absolute Gasteiger partial charge is 0.393 e. The van der Waals surface area contributed by atoms with Crippen molar-refractivity contribution in [3.8, 4) is 0 Å². The summed E-state index contributed by atoms with van der Waals surface area (Å²) >= 11 is 1.71. The molecule has 2 rings (SSSR count). The number of rotatable bonds is 5. The molecule has 4 nitrogen and oxygen atoms in total. The molecule has 2 aromatic rings. The lowest BCUT2D eigenvalue weighted by atomic mass is 10.1. The van der Waals surface area contributed by atoms with Gasteiger partial charge in [-0.3, -0.25) is 10.1 Å². The minimum absolute atomic E-state index is 0.0144. The van der Waals surface area contributed by atoms with Gasteiger partial charge >= 0.3 is 0 Å². The van der Waals surface area contributed by atoms with Crippen LogP contribution in [0.15, 0.2) is 36.4 Å². The lowest BCUT2D eigenvalue weighted by molar-refractivity contribution is -0.383. The van der Waals surface area contributed by atoms with E-state index < -0.39 is 4.92 Å². The van der Waals surface area contributed by atoms with Gasteiger partial charge in [0.05, 0.1) is 4.92 Å². The van der Waals surface area contributed by atoms with E-state index >= 15 is 0 Å². The number of aryl methyl sites for hydroxylation is 2. The lowest BCUT2D eigenvalue weighted by Crippen LogP contribution is -1.99. The third-order valence-corrected chi connectivity index (χ3v) is 4.23. The quantitative estimate of drug-likeness (QED) is 0.510. The van der Waals surface area contributed by atoms with Crippen molar-refractivity contribution >= 4 is 23.1 Å². The molecular weight excluding hydrogens is 284 g/mol. The second-order valence-electron chi connectivity index (χ2n) is 5.10. The van der Waals surface area contributed by atoms with E-state index in [0.29, 0.717) is 5.75 Å². The van der Waals surface area contributed by atoms with Gasteiger partial charge in [0.15, 0.2) is 0 Å². The third kappa shape index (κ3) is 3.98. The SMILES string of the molecule is Cc1cc(C)cc(CSCc2cccc([N+](=O)[O-])c2N)c1. The van der Waals surface area contributed by atoms with Crippen molar-refractivity contribution in [3.05, 3.63) is 68.8 Å². The van der Waals surface area contributed by atoms with E-state index in [1.807, 2.05) is 6.07 Å². The fraction of sp³-hybridized carbons (Fsp3) is 0.250. The molecule has 0 aliphatic rings. The van der Waals surface area contributed by atoms with Crippen LogP contribution in [0.1, 0.15) is 22.3 Å². The first-order valence-electron chi connectivity index (χ1n) is 6.64. The molecule has 0 radical (unpaired) electrons. The van der Waals surface area contributed by atoms with E-state index in [-0.39, 0.29) is 11.4 Å². The van der Waals surface area contributed by atoms with E-state index in [4.69, 9.17) is 5.73 Å². The van der Waals surface area contributed by atoms with Gasteiger partial charge in [-0.05, 0) is 25.0 Å². The van der Waals surface area contributed by atoms with Crippen molar-refractivity contribution in [3.63, 3.8) is 0 Å². The molecule has 0 heterocycles. The fourth-order valence-electron chi connectivity index (χ4n) is 2.32. The summed E-state index contributed by atoms with van der Waals surface area (Å²) in [6.07, 6.45) is 0. The highest BCUT2D eigenvalue weighted by Crippen LogP contribution is 2.29. The molecule has 0 saturated carbocycles. The second kappa shape index (κ2) is 6.63. The maximum atomic E-state index is 10.9. The molecule has 0 aromatic heterocycles. The average Bonchev–Trinajstić information content (AvgIpc) is 2.39. The molecule has 0 spiro atoms. The standard InChI is InChI=1S/C16H18N2O2S/c1-11-6-12(2)8-13(7-11)9-21-10-14-4-3-5-15(16(14)17)18(19)20/h3-8H,9-10,17H2,1-2H3. The molecular formula is C16H18N2O2S. The van der Waals surface area contributed by atoms with Crippen LogP contribution >= 0.6 is 11.8 Å².